The second kappa shape index (κ2) is 45.9. The lowest BCUT2D eigenvalue weighted by Gasteiger charge is -2.21. The lowest BCUT2D eigenvalue weighted by atomic mass is 9.98. The van der Waals surface area contributed by atoms with E-state index in [0.717, 1.165) is 77.3 Å². The minimum absolute atomic E-state index is 0.00718. The molecule has 4 aromatic heterocycles. The van der Waals surface area contributed by atoms with Gasteiger partial charge in [-0.2, -0.15) is 0 Å². The summed E-state index contributed by atoms with van der Waals surface area (Å²) in [7, 11) is 1.44. The number of H-pyrrole nitrogens is 2. The highest BCUT2D eigenvalue weighted by atomic mass is 32.1. The fourth-order valence-corrected chi connectivity index (χ4v) is 19.0. The van der Waals surface area contributed by atoms with E-state index in [4.69, 9.17) is 50.5 Å². The van der Waals surface area contributed by atoms with Gasteiger partial charge in [0.05, 0.1) is 49.3 Å². The van der Waals surface area contributed by atoms with Crippen molar-refractivity contribution in [3.05, 3.63) is 185 Å². The largest absolute Gasteiger partial charge is 0.516 e. The van der Waals surface area contributed by atoms with Gasteiger partial charge in [0.1, 0.15) is 67.0 Å². The number of fused-ring (bicyclic) bond motifs is 3. The van der Waals surface area contributed by atoms with Crippen LogP contribution in [0.5, 0.6) is 0 Å². The predicted octanol–water partition coefficient (Wildman–Crippen LogP) is 2.98. The monoisotopic (exact) mass is 1890 g/mol. The Labute approximate surface area is 746 Å². The van der Waals surface area contributed by atoms with E-state index in [9.17, 15) is 93.3 Å². The van der Waals surface area contributed by atoms with Crippen LogP contribution >= 0.6 is 39.8 Å². The van der Waals surface area contributed by atoms with Crippen LogP contribution in [0.25, 0.3) is 11.1 Å². The van der Waals surface area contributed by atoms with Crippen molar-refractivity contribution < 1.29 is 98.0 Å². The summed E-state index contributed by atoms with van der Waals surface area (Å²) in [6.07, 6.45) is 10.8. The minimum Gasteiger partial charge on any atom is -0.481 e. The second-order valence-electron chi connectivity index (χ2n) is 35.9. The summed E-state index contributed by atoms with van der Waals surface area (Å²) in [5.74, 6) is -3.73. The van der Waals surface area contributed by atoms with Gasteiger partial charge in [-0.3, -0.25) is 75.7 Å². The molecule has 0 amide bonds. The maximum Gasteiger partial charge on any atom is 0.516 e. The summed E-state index contributed by atoms with van der Waals surface area (Å²) in [4.78, 5) is 150. The maximum atomic E-state index is 13.3. The molecule has 1 aliphatic carbocycles. The number of aliphatic carboxylic acids is 1. The number of aliphatic hydroxyl groups is 7. The van der Waals surface area contributed by atoms with Gasteiger partial charge in [0.2, 0.25) is 0 Å². The first kappa shape index (κ1) is 105. The molecule has 2 unspecified atom stereocenters. The molecule has 37 nitrogen and oxygen atoms in total. The number of benzene rings is 2. The molecular weight excluding hydrogens is 1760 g/mol. The number of carbonyl (C=O) groups is 5. The van der Waals surface area contributed by atoms with Gasteiger partial charge in [-0.1, -0.05) is 62.4 Å². The van der Waals surface area contributed by atoms with Crippen molar-refractivity contribution in [2.24, 2.45) is 11.8 Å². The van der Waals surface area contributed by atoms with Crippen LogP contribution < -0.4 is 49.9 Å². The Hall–Kier alpha value is -8.03. The van der Waals surface area contributed by atoms with Gasteiger partial charge in [0.25, 0.3) is 22.2 Å². The highest BCUT2D eigenvalue weighted by molar-refractivity contribution is 7.73. The lowest BCUT2D eigenvalue weighted by Crippen LogP contribution is -2.43. The van der Waals surface area contributed by atoms with Gasteiger partial charge in [0, 0.05) is 87.3 Å². The number of ketones is 2. The van der Waals surface area contributed by atoms with Crippen LogP contribution in [0.15, 0.2) is 119 Å². The first-order valence-electron chi connectivity index (χ1n) is 41.9. The van der Waals surface area contributed by atoms with E-state index in [1.807, 2.05) is 48.5 Å². The Kier molecular flexibility index (Phi) is 37.8. The van der Waals surface area contributed by atoms with Crippen LogP contribution in [0, 0.1) is 16.6 Å². The van der Waals surface area contributed by atoms with Crippen molar-refractivity contribution in [3.8, 4) is 11.1 Å². The number of aromatic nitrogens is 8. The van der Waals surface area contributed by atoms with Crippen LogP contribution in [-0.2, 0) is 78.5 Å². The molecule has 0 spiro atoms. The van der Waals surface area contributed by atoms with E-state index < -0.39 is 189 Å². The number of aliphatic hydroxyl groups excluding tert-OH is 7. The van der Waals surface area contributed by atoms with Crippen molar-refractivity contribution in [1.29, 1.82) is 0 Å². The average Bonchev–Trinajstić information content (AvgIpc) is 1.62. The SMILES string of the molecule is C=P(C)(C)CC[C@H]1O[C@@H](n2cc(CNCC(C)=O)c(=O)[nH]c2=O)[C@H](OC)[C@@H]1O.C=P(C)(C)CC[C@H]1O[C@@H](n2cc(CNCC(C)=O)c(=O)[nH]c2=S)[C@H](O)[C@@H]1O.C=P(C)(C)CC[C@H]1O[C@@H](n2ccc(=O)n(CCC(C)C(=O)O)c2=O)[C@H](O)[C@@H]1O.C=P(C)(C)CC[C@H]1O[C@@H](n2ccc(=O)n(CCC(C)C(=O)OC(=O)OCC3c4ccccc4-c4ccccc43)c2=O)[C@H](O)[C@@H]1O. The fraction of sp³-hybridized carbons (Fsp3) is 0.570. The Morgan fingerprint density at radius 1 is 0.508 bits per heavy atom. The van der Waals surface area contributed by atoms with Crippen LogP contribution in [0.1, 0.15) is 119 Å². The molecule has 18 atom stereocenters. The van der Waals surface area contributed by atoms with Gasteiger partial charge in [-0.05, 0) is 165 Å². The molecular formula is C86H126N10O27P4S. The number of hydrogen-bond donors (Lipinski definition) is 12. The quantitative estimate of drug-likeness (QED) is 0.0118. The van der Waals surface area contributed by atoms with Crippen molar-refractivity contribution in [2.75, 3.05) is 105 Å². The van der Waals surface area contributed by atoms with Crippen molar-refractivity contribution in [1.82, 2.24) is 48.0 Å². The molecule has 0 bridgehead atoms. The molecule has 4 fully saturated rings. The molecule has 12 N–H and O–H groups in total. The van der Waals surface area contributed by atoms with Crippen LogP contribution in [-0.4, -0.2) is 311 Å². The molecule has 0 saturated carbocycles. The Morgan fingerprint density at radius 2 is 0.875 bits per heavy atom. The van der Waals surface area contributed by atoms with Gasteiger partial charge in [-0.25, -0.2) is 19.2 Å². The van der Waals surface area contributed by atoms with E-state index >= 15 is 0 Å². The first-order chi connectivity index (χ1) is 59.8. The second-order valence-corrected chi connectivity index (χ2v) is 53.5. The summed E-state index contributed by atoms with van der Waals surface area (Å²) < 4.78 is 45.9. The number of carboxylic acid groups (broad SMARTS) is 1. The van der Waals surface area contributed by atoms with Crippen LogP contribution in [0.2, 0.25) is 0 Å². The molecule has 8 heterocycles. The third kappa shape index (κ3) is 28.7. The zero-order valence-corrected chi connectivity index (χ0v) is 79.0. The molecule has 0 radical (unpaired) electrons. The lowest BCUT2D eigenvalue weighted by molar-refractivity contribution is -0.144. The number of methoxy groups -OCH3 is 1. The number of carboxylic acids is 1. The van der Waals surface area contributed by atoms with E-state index in [1.165, 1.54) is 68.7 Å². The smallest absolute Gasteiger partial charge is 0.481 e. The number of rotatable bonds is 35. The normalized spacial score (nSPS) is 24.3. The average molecular weight is 1890 g/mol. The molecule has 128 heavy (non-hydrogen) atoms. The number of aromatic amines is 2. The number of nitrogens with one attached hydrogen (secondary N) is 4. The van der Waals surface area contributed by atoms with Gasteiger partial charge < -0.3 is 84.6 Å². The summed E-state index contributed by atoms with van der Waals surface area (Å²) in [5, 5.41) is 88.0. The molecule has 6 aromatic rings. The number of ether oxygens (including phenoxy) is 7. The fourth-order valence-electron chi connectivity index (χ4n) is 14.9. The first-order valence-corrected chi connectivity index (χ1v) is 54.6. The number of hydrogen-bond acceptors (Lipinski definition) is 29. The molecule has 11 rings (SSSR count). The maximum absolute atomic E-state index is 13.3. The Bertz CT molecular complexity index is 5600. The van der Waals surface area contributed by atoms with E-state index in [-0.39, 0.29) is 92.1 Å². The third-order valence-electron chi connectivity index (χ3n) is 22.3. The summed E-state index contributed by atoms with van der Waals surface area (Å²) in [6.45, 7) is 17.5. The molecule has 5 aliphatic rings. The number of esters is 1. The highest BCUT2D eigenvalue weighted by Crippen LogP contribution is 2.46. The predicted molar refractivity (Wildman–Crippen MR) is 498 cm³/mol. The van der Waals surface area contributed by atoms with Gasteiger partial charge in [0.15, 0.2) is 29.7 Å². The standard InChI is InChI=1S/C33H39N2O9P.C18H30N3O6P.C18H29N2O7P.C17H28N3O5PS/c1-20(31(39)44-33(41)42-19-25-23-11-7-5-9-21(23)22-10-6-8-12-24(22)25)13-16-34-27(36)14-17-35(32(34)40)30-29(38)28(37)26(43-30)15-18-45(2,3)4;1-11(22)8-19-9-12-10-21(18(25)20-16(12)24)17-15(26-2)14(23)13(27-17)6-7-28(3,4)5;1-11(17(24)25)5-8-19-13(21)6-9-20(18(19)26)16-15(23)14(22)12(27-16)7-10-28(2,3)4;1-10(21)7-18-8-11-9-20(17(27)19-15(11)24)16-14(23)13(22)12(25-16)5-6-26(2,3)4/h5-12,14,17,20,25-26,28-30,37-38H,2,13,15-16,18-19H2,1,3-4H3;10,13-15,17,19,23H,3,6-9H2,1-2,4-5H3,(H,20,24,25);6,9,11-12,14-16,22-23H,2,5,7-8,10H2,1,3-4H3,(H,24,25);9,12-14,16,18,22-23H,2,5-8H2,1,3-4H3,(H,19,24,27)/t20?,26-,28-,29-,30-;13-,14-,15-,17-;11?,12-,14-,15-,16-;12-,13-,14-,16-/m1111/s1. The summed E-state index contributed by atoms with van der Waals surface area (Å²) in [5.41, 5.74) is 0.602. The Morgan fingerprint density at radius 3 is 1.27 bits per heavy atom. The highest BCUT2D eigenvalue weighted by Gasteiger charge is 2.49. The third-order valence-corrected chi connectivity index (χ3v) is 28.5. The van der Waals surface area contributed by atoms with Crippen molar-refractivity contribution >= 4 is 94.6 Å². The van der Waals surface area contributed by atoms with E-state index in [1.54, 1.807) is 0 Å². The molecule has 42 heteroatoms. The molecule has 2 aromatic carbocycles. The number of carbonyl (C=O) groups excluding carboxylic acids is 4. The van der Waals surface area contributed by atoms with E-state index in [2.05, 4.69) is 99.1 Å². The Balaban J connectivity index is 0.000000217. The van der Waals surface area contributed by atoms with Crippen molar-refractivity contribution in [2.45, 2.75) is 196 Å². The summed E-state index contributed by atoms with van der Waals surface area (Å²) in [6, 6.07) is 18.0. The van der Waals surface area contributed by atoms with E-state index in [0.29, 0.717) is 31.2 Å². The van der Waals surface area contributed by atoms with Crippen molar-refractivity contribution in [3.63, 3.8) is 0 Å². The number of nitrogens with zero attached hydrogens (tertiary/aromatic N) is 6. The zero-order valence-electron chi connectivity index (χ0n) is 74.6. The van der Waals surface area contributed by atoms with Gasteiger partial charge >= 0.3 is 35.2 Å². The number of Topliss-reactive ketones (excluding diaryl/α,β-unsaturated/α-hetero) is 2. The van der Waals surface area contributed by atoms with Crippen LogP contribution in [0.4, 0.5) is 4.79 Å². The van der Waals surface area contributed by atoms with Gasteiger partial charge in [-0.15, -0.1) is 52.7 Å². The molecule has 4 saturated heterocycles. The topological polar surface area (TPSA) is 517 Å². The minimum atomic E-state index is -1.40. The zero-order chi connectivity index (χ0) is 95.1. The summed E-state index contributed by atoms with van der Waals surface area (Å²) >= 11 is 5.20. The molecule has 4 aliphatic heterocycles. The molecule has 708 valence electrons. The van der Waals surface area contributed by atoms with Crippen LogP contribution in [0.3, 0.4) is 0 Å².